The summed E-state index contributed by atoms with van der Waals surface area (Å²) in [6.45, 7) is 7.17. The number of nitro groups is 1. The van der Waals surface area contributed by atoms with E-state index < -0.39 is 0 Å². The highest BCUT2D eigenvalue weighted by Crippen LogP contribution is 2.45. The van der Waals surface area contributed by atoms with Gasteiger partial charge < -0.3 is 5.32 Å². The SMILES string of the molecule is CC(C)(C)C1CCC(N2[C@@H]3CC[C@H]2CC(Nc2ccccc2[N+](=O)[O-])C3)CC1. The van der Waals surface area contributed by atoms with Gasteiger partial charge in [0.2, 0.25) is 0 Å². The third kappa shape index (κ3) is 3.91. The number of rotatable bonds is 4. The number of piperidine rings is 1. The summed E-state index contributed by atoms with van der Waals surface area (Å²) in [4.78, 5) is 13.9. The largest absolute Gasteiger partial charge is 0.377 e. The minimum Gasteiger partial charge on any atom is -0.377 e. The van der Waals surface area contributed by atoms with Gasteiger partial charge in [0.1, 0.15) is 5.69 Å². The third-order valence-electron chi connectivity index (χ3n) is 7.59. The van der Waals surface area contributed by atoms with Crippen LogP contribution in [-0.4, -0.2) is 34.0 Å². The van der Waals surface area contributed by atoms with Crippen molar-refractivity contribution in [3.05, 3.63) is 34.4 Å². The minimum absolute atomic E-state index is 0.192. The predicted octanol–water partition coefficient (Wildman–Crippen LogP) is 5.61. The second kappa shape index (κ2) is 7.66. The highest BCUT2D eigenvalue weighted by Gasteiger charge is 2.45. The molecular weight excluding hydrogens is 350 g/mol. The zero-order valence-corrected chi connectivity index (χ0v) is 17.6. The summed E-state index contributed by atoms with van der Waals surface area (Å²) in [5, 5.41) is 14.8. The van der Waals surface area contributed by atoms with E-state index in [1.807, 2.05) is 12.1 Å². The van der Waals surface area contributed by atoms with Crippen LogP contribution >= 0.6 is 0 Å². The van der Waals surface area contributed by atoms with Crippen LogP contribution in [0.25, 0.3) is 0 Å². The molecule has 0 radical (unpaired) electrons. The number of benzene rings is 1. The number of fused-ring (bicyclic) bond motifs is 2. The maximum atomic E-state index is 11.3. The number of hydrogen-bond donors (Lipinski definition) is 1. The molecule has 3 aliphatic rings. The molecule has 0 spiro atoms. The second-order valence-corrected chi connectivity index (χ2v) is 10.3. The first kappa shape index (κ1) is 19.7. The van der Waals surface area contributed by atoms with Crippen molar-refractivity contribution in [2.75, 3.05) is 5.32 Å². The van der Waals surface area contributed by atoms with Crippen molar-refractivity contribution in [3.63, 3.8) is 0 Å². The Hall–Kier alpha value is -1.62. The van der Waals surface area contributed by atoms with E-state index in [9.17, 15) is 10.1 Å². The Morgan fingerprint density at radius 2 is 1.54 bits per heavy atom. The molecule has 1 aliphatic carbocycles. The Balaban J connectivity index is 1.39. The topological polar surface area (TPSA) is 58.4 Å². The first-order valence-corrected chi connectivity index (χ1v) is 11.1. The lowest BCUT2D eigenvalue weighted by Gasteiger charge is -2.47. The van der Waals surface area contributed by atoms with Gasteiger partial charge in [0.25, 0.3) is 5.69 Å². The third-order valence-corrected chi connectivity index (χ3v) is 7.59. The summed E-state index contributed by atoms with van der Waals surface area (Å²) in [6.07, 6.45) is 10.2. The smallest absolute Gasteiger partial charge is 0.292 e. The quantitative estimate of drug-likeness (QED) is 0.541. The van der Waals surface area contributed by atoms with Crippen molar-refractivity contribution < 1.29 is 4.92 Å². The van der Waals surface area contributed by atoms with Crippen LogP contribution in [0.5, 0.6) is 0 Å². The van der Waals surface area contributed by atoms with Crippen molar-refractivity contribution in [2.24, 2.45) is 11.3 Å². The lowest BCUT2D eigenvalue weighted by Crippen LogP contribution is -2.52. The first-order valence-electron chi connectivity index (χ1n) is 11.1. The van der Waals surface area contributed by atoms with Crippen LogP contribution in [0.3, 0.4) is 0 Å². The number of para-hydroxylation sites is 2. The fraction of sp³-hybridized carbons (Fsp3) is 0.739. The van der Waals surface area contributed by atoms with E-state index in [0.717, 1.165) is 24.8 Å². The van der Waals surface area contributed by atoms with Crippen molar-refractivity contribution in [1.82, 2.24) is 4.90 Å². The number of nitrogens with one attached hydrogen (secondary N) is 1. The van der Waals surface area contributed by atoms with Crippen molar-refractivity contribution in [1.29, 1.82) is 0 Å². The summed E-state index contributed by atoms with van der Waals surface area (Å²) in [6, 6.07) is 9.46. The first-order chi connectivity index (χ1) is 13.3. The molecule has 1 aromatic rings. The zero-order valence-electron chi connectivity index (χ0n) is 17.6. The van der Waals surface area contributed by atoms with Gasteiger partial charge in [-0.05, 0) is 68.8 Å². The molecule has 2 aliphatic heterocycles. The van der Waals surface area contributed by atoms with E-state index in [1.54, 1.807) is 12.1 Å². The number of nitrogens with zero attached hydrogens (tertiary/aromatic N) is 2. The summed E-state index contributed by atoms with van der Waals surface area (Å²) in [5.41, 5.74) is 1.31. The minimum atomic E-state index is -0.278. The average molecular weight is 386 g/mol. The molecule has 0 aromatic heterocycles. The van der Waals surface area contributed by atoms with Crippen molar-refractivity contribution in [2.45, 2.75) is 96.3 Å². The Morgan fingerprint density at radius 3 is 2.11 bits per heavy atom. The van der Waals surface area contributed by atoms with Crippen LogP contribution in [0.2, 0.25) is 0 Å². The van der Waals surface area contributed by atoms with Crippen molar-refractivity contribution >= 4 is 11.4 Å². The molecule has 154 valence electrons. The van der Waals surface area contributed by atoms with Gasteiger partial charge in [-0.2, -0.15) is 0 Å². The van der Waals surface area contributed by atoms with Crippen LogP contribution in [0.1, 0.15) is 72.1 Å². The Kier molecular flexibility index (Phi) is 5.38. The lowest BCUT2D eigenvalue weighted by atomic mass is 9.71. The highest BCUT2D eigenvalue weighted by molar-refractivity contribution is 5.61. The fourth-order valence-electron chi connectivity index (χ4n) is 6.14. The van der Waals surface area contributed by atoms with Gasteiger partial charge in [-0.15, -0.1) is 0 Å². The molecule has 3 atom stereocenters. The Labute approximate surface area is 169 Å². The summed E-state index contributed by atoms with van der Waals surface area (Å²) >= 11 is 0. The molecular formula is C23H35N3O2. The van der Waals surface area contributed by atoms with Crippen LogP contribution in [0.4, 0.5) is 11.4 Å². The number of hydrogen-bond acceptors (Lipinski definition) is 4. The fourth-order valence-corrected chi connectivity index (χ4v) is 6.14. The van der Waals surface area contributed by atoms with E-state index in [2.05, 4.69) is 31.0 Å². The van der Waals surface area contributed by atoms with Crippen LogP contribution in [0.15, 0.2) is 24.3 Å². The molecule has 1 N–H and O–H groups in total. The Bertz CT molecular complexity index is 692. The summed E-state index contributed by atoms with van der Waals surface area (Å²) < 4.78 is 0. The number of nitro benzene ring substituents is 1. The molecule has 1 aromatic carbocycles. The van der Waals surface area contributed by atoms with E-state index in [4.69, 9.17) is 0 Å². The van der Waals surface area contributed by atoms with Gasteiger partial charge in [-0.25, -0.2) is 0 Å². The van der Waals surface area contributed by atoms with E-state index >= 15 is 0 Å². The van der Waals surface area contributed by atoms with Gasteiger partial charge in [-0.1, -0.05) is 32.9 Å². The maximum absolute atomic E-state index is 11.3. The molecule has 1 saturated carbocycles. The van der Waals surface area contributed by atoms with Crippen LogP contribution in [0, 0.1) is 21.4 Å². The van der Waals surface area contributed by atoms with Crippen molar-refractivity contribution in [3.8, 4) is 0 Å². The van der Waals surface area contributed by atoms with E-state index in [-0.39, 0.29) is 10.6 Å². The molecule has 5 heteroatoms. The summed E-state index contributed by atoms with van der Waals surface area (Å²) in [7, 11) is 0. The van der Waals surface area contributed by atoms with Gasteiger partial charge in [0.05, 0.1) is 4.92 Å². The molecule has 1 unspecified atom stereocenters. The van der Waals surface area contributed by atoms with E-state index in [1.165, 1.54) is 38.5 Å². The van der Waals surface area contributed by atoms with Crippen LogP contribution < -0.4 is 5.32 Å². The normalized spacial score (nSPS) is 33.6. The maximum Gasteiger partial charge on any atom is 0.292 e. The second-order valence-electron chi connectivity index (χ2n) is 10.3. The molecule has 28 heavy (non-hydrogen) atoms. The summed E-state index contributed by atoms with van der Waals surface area (Å²) in [5.74, 6) is 0.860. The molecule has 2 bridgehead atoms. The number of anilines is 1. The molecule has 3 fully saturated rings. The standard InChI is InChI=1S/C23H35N3O2/c1-23(2,3)16-8-10-18(11-9-16)25-19-12-13-20(25)15-17(14-19)24-21-6-4-5-7-22(21)26(27)28/h4-7,16-20,24H,8-15H2,1-3H3/t16?,17?,18?,19-,20+. The van der Waals surface area contributed by atoms with Crippen LogP contribution in [-0.2, 0) is 0 Å². The van der Waals surface area contributed by atoms with Gasteiger partial charge in [0.15, 0.2) is 0 Å². The van der Waals surface area contributed by atoms with Gasteiger partial charge >= 0.3 is 0 Å². The predicted molar refractivity (Wildman–Crippen MR) is 114 cm³/mol. The molecule has 4 rings (SSSR count). The molecule has 2 heterocycles. The molecule has 0 amide bonds. The molecule has 5 nitrogen and oxygen atoms in total. The monoisotopic (exact) mass is 385 g/mol. The molecule has 2 saturated heterocycles. The Morgan fingerprint density at radius 1 is 0.964 bits per heavy atom. The highest BCUT2D eigenvalue weighted by atomic mass is 16.6. The zero-order chi connectivity index (χ0) is 19.9. The van der Waals surface area contributed by atoms with Gasteiger partial charge in [-0.3, -0.25) is 15.0 Å². The van der Waals surface area contributed by atoms with E-state index in [0.29, 0.717) is 29.2 Å². The average Bonchev–Trinajstić information content (AvgIpc) is 2.92. The van der Waals surface area contributed by atoms with Gasteiger partial charge in [0, 0.05) is 30.2 Å². The lowest BCUT2D eigenvalue weighted by molar-refractivity contribution is -0.384.